The van der Waals surface area contributed by atoms with Gasteiger partial charge in [-0.25, -0.2) is 9.07 Å². The number of benzene rings is 2. The van der Waals surface area contributed by atoms with Crippen molar-refractivity contribution in [3.05, 3.63) is 71.2 Å². The van der Waals surface area contributed by atoms with Gasteiger partial charge in [0.2, 0.25) is 0 Å². The maximum absolute atomic E-state index is 13.2. The van der Waals surface area contributed by atoms with E-state index < -0.39 is 0 Å². The second-order valence-electron chi connectivity index (χ2n) is 5.75. The van der Waals surface area contributed by atoms with Crippen molar-refractivity contribution in [2.45, 2.75) is 20.3 Å². The molecule has 3 rings (SSSR count). The summed E-state index contributed by atoms with van der Waals surface area (Å²) in [6.07, 6.45) is 0.714. The molecule has 0 unspecified atom stereocenters. The Morgan fingerprint density at radius 3 is 2.39 bits per heavy atom. The summed E-state index contributed by atoms with van der Waals surface area (Å²) >= 11 is 0. The minimum absolute atomic E-state index is 0.242. The van der Waals surface area contributed by atoms with Crippen molar-refractivity contribution in [2.24, 2.45) is 5.73 Å². The highest BCUT2D eigenvalue weighted by Crippen LogP contribution is 2.25. The Hall–Kier alpha value is -2.46. The molecule has 0 fully saturated rings. The van der Waals surface area contributed by atoms with E-state index in [0.29, 0.717) is 13.0 Å². The highest BCUT2D eigenvalue weighted by molar-refractivity contribution is 5.63. The summed E-state index contributed by atoms with van der Waals surface area (Å²) in [4.78, 5) is 0. The number of aromatic nitrogens is 2. The molecule has 118 valence electrons. The molecule has 0 atom stereocenters. The maximum atomic E-state index is 13.2. The topological polar surface area (TPSA) is 43.8 Å². The van der Waals surface area contributed by atoms with Crippen LogP contribution in [-0.4, -0.2) is 16.3 Å². The van der Waals surface area contributed by atoms with Gasteiger partial charge in [-0.3, -0.25) is 0 Å². The average Bonchev–Trinajstić information content (AvgIpc) is 2.95. The number of nitrogens with zero attached hydrogens (tertiary/aromatic N) is 2. The first-order valence-corrected chi connectivity index (χ1v) is 7.71. The van der Waals surface area contributed by atoms with Crippen molar-refractivity contribution in [3.63, 3.8) is 0 Å². The van der Waals surface area contributed by atoms with Gasteiger partial charge in [-0.2, -0.15) is 5.10 Å². The SMILES string of the molecule is Cc1ccc(-n2nc(CCN)cc2-c2ccc(F)cc2)cc1C. The fourth-order valence-electron chi connectivity index (χ4n) is 2.58. The molecule has 1 heterocycles. The third-order valence-corrected chi connectivity index (χ3v) is 4.04. The molecule has 0 saturated heterocycles. The van der Waals surface area contributed by atoms with Crippen LogP contribution >= 0.6 is 0 Å². The first-order chi connectivity index (χ1) is 11.1. The Morgan fingerprint density at radius 1 is 1.00 bits per heavy atom. The van der Waals surface area contributed by atoms with Crippen LogP contribution in [0.4, 0.5) is 4.39 Å². The summed E-state index contributed by atoms with van der Waals surface area (Å²) in [5, 5.41) is 4.68. The van der Waals surface area contributed by atoms with Gasteiger partial charge in [-0.1, -0.05) is 6.07 Å². The monoisotopic (exact) mass is 309 g/mol. The van der Waals surface area contributed by atoms with Gasteiger partial charge in [0.05, 0.1) is 17.1 Å². The van der Waals surface area contributed by atoms with E-state index in [1.807, 2.05) is 10.7 Å². The number of hydrogen-bond acceptors (Lipinski definition) is 2. The quantitative estimate of drug-likeness (QED) is 0.796. The van der Waals surface area contributed by atoms with Crippen LogP contribution in [0.15, 0.2) is 48.5 Å². The number of hydrogen-bond donors (Lipinski definition) is 1. The number of aryl methyl sites for hydroxylation is 2. The molecule has 0 saturated carbocycles. The molecule has 0 aliphatic rings. The predicted octanol–water partition coefficient (Wildman–Crippen LogP) is 3.80. The predicted molar refractivity (Wildman–Crippen MR) is 91.2 cm³/mol. The molecule has 0 radical (unpaired) electrons. The van der Waals surface area contributed by atoms with Crippen molar-refractivity contribution in [1.29, 1.82) is 0 Å². The van der Waals surface area contributed by atoms with E-state index in [-0.39, 0.29) is 5.82 Å². The molecule has 2 aromatic carbocycles. The van der Waals surface area contributed by atoms with E-state index in [4.69, 9.17) is 5.73 Å². The van der Waals surface area contributed by atoms with E-state index in [9.17, 15) is 4.39 Å². The molecule has 23 heavy (non-hydrogen) atoms. The van der Waals surface area contributed by atoms with Crippen LogP contribution in [0.3, 0.4) is 0 Å². The Bertz CT molecular complexity index is 819. The van der Waals surface area contributed by atoms with Crippen LogP contribution in [0, 0.1) is 19.7 Å². The van der Waals surface area contributed by atoms with E-state index in [0.717, 1.165) is 22.6 Å². The molecule has 1 aromatic heterocycles. The van der Waals surface area contributed by atoms with Gasteiger partial charge in [-0.15, -0.1) is 0 Å². The molecule has 4 heteroatoms. The lowest BCUT2D eigenvalue weighted by molar-refractivity contribution is 0.628. The van der Waals surface area contributed by atoms with Crippen molar-refractivity contribution in [1.82, 2.24) is 9.78 Å². The van der Waals surface area contributed by atoms with Gasteiger partial charge in [0.25, 0.3) is 0 Å². The average molecular weight is 309 g/mol. The van der Waals surface area contributed by atoms with Gasteiger partial charge < -0.3 is 5.73 Å². The summed E-state index contributed by atoms with van der Waals surface area (Å²) < 4.78 is 15.1. The number of nitrogens with two attached hydrogens (primary N) is 1. The summed E-state index contributed by atoms with van der Waals surface area (Å²) in [5.41, 5.74) is 11.9. The fourth-order valence-corrected chi connectivity index (χ4v) is 2.58. The zero-order chi connectivity index (χ0) is 16.4. The van der Waals surface area contributed by atoms with Crippen molar-refractivity contribution in [3.8, 4) is 16.9 Å². The maximum Gasteiger partial charge on any atom is 0.123 e. The van der Waals surface area contributed by atoms with Crippen molar-refractivity contribution >= 4 is 0 Å². The second kappa shape index (κ2) is 6.34. The highest BCUT2D eigenvalue weighted by atomic mass is 19.1. The van der Waals surface area contributed by atoms with Crippen LogP contribution in [0.2, 0.25) is 0 Å². The molecule has 0 amide bonds. The van der Waals surface area contributed by atoms with Gasteiger partial charge in [0, 0.05) is 12.0 Å². The standard InChI is InChI=1S/C19H20FN3/c1-13-3-8-18(11-14(13)2)23-19(12-17(22-23)9-10-21)15-4-6-16(20)7-5-15/h3-8,11-12H,9-10,21H2,1-2H3. The minimum Gasteiger partial charge on any atom is -0.330 e. The van der Waals surface area contributed by atoms with Gasteiger partial charge in [-0.05, 0) is 74.0 Å². The molecular formula is C19H20FN3. The lowest BCUT2D eigenvalue weighted by Gasteiger charge is -2.10. The zero-order valence-electron chi connectivity index (χ0n) is 13.4. The molecule has 3 aromatic rings. The lowest BCUT2D eigenvalue weighted by Crippen LogP contribution is -2.04. The summed E-state index contributed by atoms with van der Waals surface area (Å²) in [5.74, 6) is -0.242. The first-order valence-electron chi connectivity index (χ1n) is 7.71. The Balaban J connectivity index is 2.14. The Kier molecular flexibility index (Phi) is 4.26. The fraction of sp³-hybridized carbons (Fsp3) is 0.211. The second-order valence-corrected chi connectivity index (χ2v) is 5.75. The first kappa shape index (κ1) is 15.4. The molecular weight excluding hydrogens is 289 g/mol. The Labute approximate surface area is 135 Å². The van der Waals surface area contributed by atoms with Gasteiger partial charge >= 0.3 is 0 Å². The molecule has 0 bridgehead atoms. The van der Waals surface area contributed by atoms with E-state index >= 15 is 0 Å². The van der Waals surface area contributed by atoms with Crippen molar-refractivity contribution < 1.29 is 4.39 Å². The van der Waals surface area contributed by atoms with E-state index in [2.05, 4.69) is 37.1 Å². The van der Waals surface area contributed by atoms with Crippen LogP contribution in [0.5, 0.6) is 0 Å². The van der Waals surface area contributed by atoms with Crippen LogP contribution in [-0.2, 0) is 6.42 Å². The van der Waals surface area contributed by atoms with E-state index in [1.54, 1.807) is 12.1 Å². The van der Waals surface area contributed by atoms with Crippen molar-refractivity contribution in [2.75, 3.05) is 6.54 Å². The van der Waals surface area contributed by atoms with Gasteiger partial charge in [0.15, 0.2) is 0 Å². The summed E-state index contributed by atoms with van der Waals surface area (Å²) in [7, 11) is 0. The third-order valence-electron chi connectivity index (χ3n) is 4.04. The lowest BCUT2D eigenvalue weighted by atomic mass is 10.1. The molecule has 0 spiro atoms. The highest BCUT2D eigenvalue weighted by Gasteiger charge is 2.12. The smallest absolute Gasteiger partial charge is 0.123 e. The van der Waals surface area contributed by atoms with Gasteiger partial charge in [0.1, 0.15) is 5.82 Å². The number of halogens is 1. The minimum atomic E-state index is -0.242. The molecule has 0 aliphatic heterocycles. The largest absolute Gasteiger partial charge is 0.330 e. The normalized spacial score (nSPS) is 11.0. The Morgan fingerprint density at radius 2 is 1.74 bits per heavy atom. The molecule has 2 N–H and O–H groups in total. The summed E-state index contributed by atoms with van der Waals surface area (Å²) in [6, 6.07) is 14.8. The van der Waals surface area contributed by atoms with E-state index in [1.165, 1.54) is 23.3 Å². The molecule has 0 aliphatic carbocycles. The molecule has 3 nitrogen and oxygen atoms in total. The van der Waals surface area contributed by atoms with Crippen LogP contribution < -0.4 is 5.73 Å². The van der Waals surface area contributed by atoms with Crippen LogP contribution in [0.1, 0.15) is 16.8 Å². The summed E-state index contributed by atoms with van der Waals surface area (Å²) in [6.45, 7) is 4.72. The number of rotatable bonds is 4. The van der Waals surface area contributed by atoms with Crippen LogP contribution in [0.25, 0.3) is 16.9 Å². The zero-order valence-corrected chi connectivity index (χ0v) is 13.4. The third kappa shape index (κ3) is 3.17.